The molecule has 0 unspecified atom stereocenters. The van der Waals surface area contributed by atoms with Crippen molar-refractivity contribution in [3.05, 3.63) is 41.8 Å². The van der Waals surface area contributed by atoms with Crippen molar-refractivity contribution >= 4 is 44.3 Å². The minimum Gasteiger partial charge on any atom is -0.302 e. The number of benzene rings is 1. The van der Waals surface area contributed by atoms with Crippen molar-refractivity contribution in [2.24, 2.45) is 5.92 Å². The fraction of sp³-hybridized carbons (Fsp3) is 0.263. The average Bonchev–Trinajstić information content (AvgIpc) is 3.46. The zero-order valence-electron chi connectivity index (χ0n) is 14.9. The van der Waals surface area contributed by atoms with Gasteiger partial charge in [0, 0.05) is 16.5 Å². The number of nitrogens with one attached hydrogen (secondary N) is 2. The van der Waals surface area contributed by atoms with Gasteiger partial charge in [0.1, 0.15) is 11.0 Å². The number of hydrogen-bond acceptors (Lipinski definition) is 5. The Morgan fingerprint density at radius 1 is 1.29 bits per heavy atom. The molecule has 142 valence electrons. The van der Waals surface area contributed by atoms with E-state index in [0.29, 0.717) is 21.6 Å². The number of nitrogens with zero attached hydrogens (tertiary/aromatic N) is 4. The maximum absolute atomic E-state index is 12.4. The van der Waals surface area contributed by atoms with Crippen LogP contribution in [0.15, 0.2) is 36.8 Å². The molecule has 3 aromatic heterocycles. The largest absolute Gasteiger partial charge is 0.302 e. The molecule has 0 spiro atoms. The van der Waals surface area contributed by atoms with Crippen LogP contribution in [0.1, 0.15) is 25.7 Å². The molecule has 0 saturated heterocycles. The summed E-state index contributed by atoms with van der Waals surface area (Å²) in [5.41, 5.74) is 2.35. The van der Waals surface area contributed by atoms with Gasteiger partial charge < -0.3 is 5.32 Å². The molecule has 1 fully saturated rings. The summed E-state index contributed by atoms with van der Waals surface area (Å²) in [6, 6.07) is 7.61. The molecule has 1 amide bonds. The van der Waals surface area contributed by atoms with E-state index in [1.165, 1.54) is 11.3 Å². The van der Waals surface area contributed by atoms with Gasteiger partial charge in [-0.1, -0.05) is 54.0 Å². The molecule has 5 rings (SSSR count). The third kappa shape index (κ3) is 2.98. The van der Waals surface area contributed by atoms with Crippen LogP contribution >= 0.6 is 22.9 Å². The van der Waals surface area contributed by atoms with Crippen LogP contribution in [0, 0.1) is 5.92 Å². The quantitative estimate of drug-likeness (QED) is 0.510. The molecular formula is C19H17ClN6OS. The van der Waals surface area contributed by atoms with E-state index in [1.807, 2.05) is 28.8 Å². The Bertz CT molecular complexity index is 1160. The fourth-order valence-electron chi connectivity index (χ4n) is 3.65. The van der Waals surface area contributed by atoms with Crippen molar-refractivity contribution < 1.29 is 4.79 Å². The Balaban J connectivity index is 1.50. The van der Waals surface area contributed by atoms with E-state index in [2.05, 4.69) is 25.5 Å². The van der Waals surface area contributed by atoms with Gasteiger partial charge in [0.05, 0.1) is 11.9 Å². The molecule has 0 bridgehead atoms. The first kappa shape index (κ1) is 17.4. The maximum Gasteiger partial charge on any atom is 0.229 e. The molecule has 0 atom stereocenters. The van der Waals surface area contributed by atoms with Crippen molar-refractivity contribution in [1.29, 1.82) is 0 Å². The number of imidazole rings is 1. The lowest BCUT2D eigenvalue weighted by atomic mass is 10.1. The van der Waals surface area contributed by atoms with Gasteiger partial charge in [-0.3, -0.25) is 14.5 Å². The highest BCUT2D eigenvalue weighted by Crippen LogP contribution is 2.34. The molecular weight excluding hydrogens is 396 g/mol. The summed E-state index contributed by atoms with van der Waals surface area (Å²) < 4.78 is 2.73. The van der Waals surface area contributed by atoms with Crippen molar-refractivity contribution in [2.75, 3.05) is 5.32 Å². The van der Waals surface area contributed by atoms with Crippen LogP contribution in [0.4, 0.5) is 5.13 Å². The second-order valence-electron chi connectivity index (χ2n) is 6.84. The second kappa shape index (κ2) is 7.03. The predicted molar refractivity (Wildman–Crippen MR) is 110 cm³/mol. The number of hydrogen-bond donors (Lipinski definition) is 2. The number of thiazole rings is 1. The third-order valence-corrected chi connectivity index (χ3v) is 6.37. The summed E-state index contributed by atoms with van der Waals surface area (Å²) >= 11 is 7.77. The molecule has 4 aromatic rings. The van der Waals surface area contributed by atoms with E-state index in [9.17, 15) is 4.79 Å². The standard InChI is InChI=1S/C19H17ClN6OS/c20-13-8-4-3-7-12(13)14-9-21-10-26(14)17-15-16(24-25-17)22-19(28-15)23-18(27)11-5-1-2-6-11/h3-4,7-11H,1-2,5-6H2,(H2,22,23,24,25,27). The smallest absolute Gasteiger partial charge is 0.229 e. The van der Waals surface area contributed by atoms with E-state index < -0.39 is 0 Å². The highest BCUT2D eigenvalue weighted by molar-refractivity contribution is 7.22. The van der Waals surface area contributed by atoms with Crippen molar-refractivity contribution in [3.63, 3.8) is 0 Å². The maximum atomic E-state index is 12.4. The van der Waals surface area contributed by atoms with Crippen LogP contribution in [0.5, 0.6) is 0 Å². The monoisotopic (exact) mass is 412 g/mol. The van der Waals surface area contributed by atoms with Crippen LogP contribution in [0.25, 0.3) is 27.4 Å². The number of carbonyl (C=O) groups is 1. The van der Waals surface area contributed by atoms with E-state index in [0.717, 1.165) is 41.6 Å². The normalized spacial score (nSPS) is 14.8. The number of anilines is 1. The molecule has 1 aliphatic carbocycles. The Hall–Kier alpha value is -2.71. The van der Waals surface area contributed by atoms with Crippen LogP contribution in [0.3, 0.4) is 0 Å². The third-order valence-electron chi connectivity index (χ3n) is 5.07. The lowest BCUT2D eigenvalue weighted by Crippen LogP contribution is -2.20. The molecule has 1 aliphatic rings. The van der Waals surface area contributed by atoms with E-state index >= 15 is 0 Å². The van der Waals surface area contributed by atoms with E-state index in [-0.39, 0.29) is 11.8 Å². The fourth-order valence-corrected chi connectivity index (χ4v) is 4.79. The Morgan fingerprint density at radius 3 is 2.93 bits per heavy atom. The molecule has 0 aliphatic heterocycles. The van der Waals surface area contributed by atoms with Crippen molar-refractivity contribution in [2.45, 2.75) is 25.7 Å². The first-order valence-corrected chi connectivity index (χ1v) is 10.3. The Morgan fingerprint density at radius 2 is 2.11 bits per heavy atom. The summed E-state index contributed by atoms with van der Waals surface area (Å²) in [6.07, 6.45) is 7.61. The summed E-state index contributed by atoms with van der Waals surface area (Å²) in [5.74, 6) is 0.837. The number of aromatic amines is 1. The number of amides is 1. The average molecular weight is 413 g/mol. The van der Waals surface area contributed by atoms with Crippen molar-refractivity contribution in [3.8, 4) is 17.1 Å². The van der Waals surface area contributed by atoms with Gasteiger partial charge in [-0.25, -0.2) is 9.97 Å². The highest BCUT2D eigenvalue weighted by atomic mass is 35.5. The van der Waals surface area contributed by atoms with E-state index in [1.54, 1.807) is 12.5 Å². The molecule has 1 saturated carbocycles. The number of halogens is 1. The van der Waals surface area contributed by atoms with Crippen LogP contribution < -0.4 is 5.32 Å². The highest BCUT2D eigenvalue weighted by Gasteiger charge is 2.24. The number of fused-ring (bicyclic) bond motifs is 1. The van der Waals surface area contributed by atoms with Crippen LogP contribution in [0.2, 0.25) is 5.02 Å². The summed E-state index contributed by atoms with van der Waals surface area (Å²) in [4.78, 5) is 21.2. The molecule has 7 nitrogen and oxygen atoms in total. The minimum absolute atomic E-state index is 0.0581. The topological polar surface area (TPSA) is 88.5 Å². The van der Waals surface area contributed by atoms with Gasteiger partial charge in [-0.2, -0.15) is 5.10 Å². The van der Waals surface area contributed by atoms with Gasteiger partial charge in [0.15, 0.2) is 16.6 Å². The van der Waals surface area contributed by atoms with Crippen molar-refractivity contribution in [1.82, 2.24) is 24.7 Å². The zero-order valence-corrected chi connectivity index (χ0v) is 16.4. The van der Waals surface area contributed by atoms with Gasteiger partial charge in [0.2, 0.25) is 5.91 Å². The SMILES string of the molecule is O=C(Nc1nc2[nH]nc(-n3cncc3-c3ccccc3Cl)c2s1)C1CCCC1. The number of aromatic nitrogens is 5. The molecule has 28 heavy (non-hydrogen) atoms. The Kier molecular flexibility index (Phi) is 4.37. The lowest BCUT2D eigenvalue weighted by Gasteiger charge is -2.07. The molecule has 3 heterocycles. The van der Waals surface area contributed by atoms with Gasteiger partial charge in [-0.15, -0.1) is 0 Å². The second-order valence-corrected chi connectivity index (χ2v) is 8.25. The molecule has 9 heteroatoms. The summed E-state index contributed by atoms with van der Waals surface area (Å²) in [5, 5.41) is 11.5. The molecule has 1 aromatic carbocycles. The molecule has 2 N–H and O–H groups in total. The van der Waals surface area contributed by atoms with Gasteiger partial charge in [0.25, 0.3) is 0 Å². The summed E-state index contributed by atoms with van der Waals surface area (Å²) in [7, 11) is 0. The predicted octanol–water partition coefficient (Wildman–Crippen LogP) is 4.65. The van der Waals surface area contributed by atoms with Gasteiger partial charge in [-0.05, 0) is 18.9 Å². The number of H-pyrrole nitrogens is 1. The van der Waals surface area contributed by atoms with E-state index in [4.69, 9.17) is 11.6 Å². The van der Waals surface area contributed by atoms with Crippen LogP contribution in [-0.4, -0.2) is 30.6 Å². The number of carbonyl (C=O) groups excluding carboxylic acids is 1. The summed E-state index contributed by atoms with van der Waals surface area (Å²) in [6.45, 7) is 0. The Labute approximate surface area is 169 Å². The minimum atomic E-state index is 0.0581. The van der Waals surface area contributed by atoms with Gasteiger partial charge >= 0.3 is 0 Å². The first-order valence-electron chi connectivity index (χ1n) is 9.14. The van der Waals surface area contributed by atoms with Crippen LogP contribution in [-0.2, 0) is 4.79 Å². The number of rotatable bonds is 4. The zero-order chi connectivity index (χ0) is 19.1. The lowest BCUT2D eigenvalue weighted by molar-refractivity contribution is -0.119. The molecule has 0 radical (unpaired) electrons. The first-order chi connectivity index (χ1) is 13.7.